The van der Waals surface area contributed by atoms with Gasteiger partial charge < -0.3 is 10.0 Å². The second-order valence-electron chi connectivity index (χ2n) is 2.68. The molecule has 56 valence electrons. The Morgan fingerprint density at radius 2 is 2.30 bits per heavy atom. The van der Waals surface area contributed by atoms with Crippen LogP contribution in [0.5, 0.6) is 0 Å². The van der Waals surface area contributed by atoms with E-state index < -0.39 is 5.97 Å². The predicted molar refractivity (Wildman–Crippen MR) is 37.8 cm³/mol. The van der Waals surface area contributed by atoms with Crippen molar-refractivity contribution in [1.82, 2.24) is 4.90 Å². The topological polar surface area (TPSA) is 40.5 Å². The molecule has 10 heavy (non-hydrogen) atoms. The van der Waals surface area contributed by atoms with Crippen LogP contribution in [0.15, 0.2) is 12.2 Å². The lowest BCUT2D eigenvalue weighted by atomic mass is 10.0. The van der Waals surface area contributed by atoms with Gasteiger partial charge in [0.15, 0.2) is 0 Å². The zero-order valence-corrected chi connectivity index (χ0v) is 5.95. The van der Waals surface area contributed by atoms with Gasteiger partial charge in [0.1, 0.15) is 0 Å². The average Bonchev–Trinajstić information content (AvgIpc) is 1.77. The van der Waals surface area contributed by atoms with E-state index in [1.54, 1.807) is 6.08 Å². The van der Waals surface area contributed by atoms with Gasteiger partial charge in [-0.25, -0.2) is 4.79 Å². The summed E-state index contributed by atoms with van der Waals surface area (Å²) in [6.07, 6.45) is 2.97. The van der Waals surface area contributed by atoms with Crippen molar-refractivity contribution in [2.75, 3.05) is 20.1 Å². The van der Waals surface area contributed by atoms with E-state index in [1.807, 2.05) is 7.05 Å². The van der Waals surface area contributed by atoms with Crippen LogP contribution in [0.1, 0.15) is 0 Å². The molecule has 0 aliphatic carbocycles. The molecule has 0 spiro atoms. The first-order chi connectivity index (χ1) is 4.68. The van der Waals surface area contributed by atoms with Crippen molar-refractivity contribution in [3.63, 3.8) is 0 Å². The zero-order chi connectivity index (χ0) is 7.56. The van der Waals surface area contributed by atoms with E-state index in [9.17, 15) is 4.79 Å². The summed E-state index contributed by atoms with van der Waals surface area (Å²) in [7, 11) is 2.02. The summed E-state index contributed by atoms with van der Waals surface area (Å²) < 4.78 is 0. The summed E-state index contributed by atoms with van der Waals surface area (Å²) in [5.41, 5.74) is 0. The fourth-order valence-electron chi connectivity index (χ4n) is 1.09. The highest BCUT2D eigenvalue weighted by Gasteiger charge is 2.19. The van der Waals surface area contributed by atoms with E-state index in [1.165, 1.54) is 6.08 Å². The number of rotatable bonds is 2. The first-order valence-electron chi connectivity index (χ1n) is 3.28. The highest BCUT2D eigenvalue weighted by molar-refractivity contribution is 5.79. The lowest BCUT2D eigenvalue weighted by Gasteiger charge is -2.33. The number of carbonyl (C=O) groups is 1. The van der Waals surface area contributed by atoms with E-state index in [4.69, 9.17) is 5.11 Å². The minimum atomic E-state index is -0.852. The van der Waals surface area contributed by atoms with Crippen molar-refractivity contribution in [2.45, 2.75) is 0 Å². The number of hydrogen-bond acceptors (Lipinski definition) is 2. The summed E-state index contributed by atoms with van der Waals surface area (Å²) in [5, 5.41) is 8.25. The monoisotopic (exact) mass is 141 g/mol. The summed E-state index contributed by atoms with van der Waals surface area (Å²) in [6, 6.07) is 0. The Morgan fingerprint density at radius 3 is 2.70 bits per heavy atom. The number of hydrogen-bond donors (Lipinski definition) is 1. The van der Waals surface area contributed by atoms with E-state index in [-0.39, 0.29) is 0 Å². The molecule has 1 fully saturated rings. The normalized spacial score (nSPS) is 21.3. The van der Waals surface area contributed by atoms with Crippen LogP contribution in [-0.4, -0.2) is 36.1 Å². The van der Waals surface area contributed by atoms with Gasteiger partial charge in [-0.1, -0.05) is 6.08 Å². The van der Waals surface area contributed by atoms with E-state index in [0.29, 0.717) is 5.92 Å². The highest BCUT2D eigenvalue weighted by Crippen LogP contribution is 2.13. The minimum absolute atomic E-state index is 0.459. The summed E-state index contributed by atoms with van der Waals surface area (Å²) in [6.45, 7) is 1.98. The van der Waals surface area contributed by atoms with Crippen molar-refractivity contribution in [1.29, 1.82) is 0 Å². The lowest BCUT2D eigenvalue weighted by Crippen LogP contribution is -2.42. The van der Waals surface area contributed by atoms with Crippen LogP contribution in [-0.2, 0) is 4.79 Å². The quantitative estimate of drug-likeness (QED) is 0.558. The Balaban J connectivity index is 2.21. The van der Waals surface area contributed by atoms with Crippen molar-refractivity contribution < 1.29 is 9.90 Å². The Bertz CT molecular complexity index is 159. The van der Waals surface area contributed by atoms with Crippen LogP contribution < -0.4 is 0 Å². The number of nitrogens with zero attached hydrogens (tertiary/aromatic N) is 1. The van der Waals surface area contributed by atoms with Crippen molar-refractivity contribution in [3.8, 4) is 0 Å². The first kappa shape index (κ1) is 7.28. The van der Waals surface area contributed by atoms with Gasteiger partial charge in [0.05, 0.1) is 0 Å². The van der Waals surface area contributed by atoms with Gasteiger partial charge in [0.25, 0.3) is 0 Å². The van der Waals surface area contributed by atoms with E-state index in [2.05, 4.69) is 4.90 Å². The smallest absolute Gasteiger partial charge is 0.327 e. The van der Waals surface area contributed by atoms with Gasteiger partial charge in [-0.3, -0.25) is 0 Å². The Labute approximate surface area is 59.9 Å². The Morgan fingerprint density at radius 1 is 1.70 bits per heavy atom. The molecule has 0 radical (unpaired) electrons. The molecule has 3 heteroatoms. The Kier molecular flexibility index (Phi) is 2.06. The van der Waals surface area contributed by atoms with Gasteiger partial charge >= 0.3 is 5.97 Å². The molecule has 1 heterocycles. The van der Waals surface area contributed by atoms with Gasteiger partial charge in [0.2, 0.25) is 0 Å². The molecule has 0 aromatic heterocycles. The third-order valence-electron chi connectivity index (χ3n) is 1.60. The summed E-state index contributed by atoms with van der Waals surface area (Å²) in [5.74, 6) is -0.393. The van der Waals surface area contributed by atoms with Crippen molar-refractivity contribution in [3.05, 3.63) is 12.2 Å². The molecule has 0 saturated carbocycles. The number of carboxylic acids is 1. The molecule has 0 aromatic rings. The second-order valence-corrected chi connectivity index (χ2v) is 2.68. The summed E-state index contributed by atoms with van der Waals surface area (Å²) >= 11 is 0. The van der Waals surface area contributed by atoms with Crippen molar-refractivity contribution in [2.24, 2.45) is 5.92 Å². The lowest BCUT2D eigenvalue weighted by molar-refractivity contribution is -0.131. The molecule has 1 aliphatic rings. The second kappa shape index (κ2) is 2.84. The molecule has 1 saturated heterocycles. The predicted octanol–water partition coefficient (Wildman–Crippen LogP) is 0.189. The van der Waals surface area contributed by atoms with Gasteiger partial charge in [-0.2, -0.15) is 0 Å². The van der Waals surface area contributed by atoms with Gasteiger partial charge in [0, 0.05) is 25.1 Å². The number of carboxylic acid groups (broad SMARTS) is 1. The molecule has 0 bridgehead atoms. The van der Waals surface area contributed by atoms with Crippen LogP contribution in [0.25, 0.3) is 0 Å². The van der Waals surface area contributed by atoms with Gasteiger partial charge in [-0.15, -0.1) is 0 Å². The van der Waals surface area contributed by atoms with E-state index >= 15 is 0 Å². The molecule has 0 aromatic carbocycles. The third-order valence-corrected chi connectivity index (χ3v) is 1.60. The first-order valence-corrected chi connectivity index (χ1v) is 3.28. The molecule has 0 unspecified atom stereocenters. The molecule has 3 nitrogen and oxygen atoms in total. The van der Waals surface area contributed by atoms with Crippen LogP contribution >= 0.6 is 0 Å². The molecular formula is C7H11NO2. The maximum atomic E-state index is 10.0. The minimum Gasteiger partial charge on any atom is -0.478 e. The van der Waals surface area contributed by atoms with Crippen LogP contribution in [0.3, 0.4) is 0 Å². The SMILES string of the molecule is CN1CC(/C=C/C(=O)O)C1. The third kappa shape index (κ3) is 1.84. The standard InChI is InChI=1S/C7H11NO2/c1-8-4-6(5-8)2-3-7(9)10/h2-3,6H,4-5H2,1H3,(H,9,10)/b3-2+. The number of aliphatic carboxylic acids is 1. The molecule has 0 amide bonds. The fourth-order valence-corrected chi connectivity index (χ4v) is 1.09. The highest BCUT2D eigenvalue weighted by atomic mass is 16.4. The molecular weight excluding hydrogens is 130 g/mol. The maximum absolute atomic E-state index is 10.0. The molecule has 0 atom stereocenters. The van der Waals surface area contributed by atoms with Crippen LogP contribution in [0.4, 0.5) is 0 Å². The number of likely N-dealkylation sites (tertiary alicyclic amines) is 1. The molecule has 1 N–H and O–H groups in total. The Hall–Kier alpha value is -0.830. The molecule has 1 aliphatic heterocycles. The van der Waals surface area contributed by atoms with Crippen LogP contribution in [0, 0.1) is 5.92 Å². The van der Waals surface area contributed by atoms with E-state index in [0.717, 1.165) is 13.1 Å². The largest absolute Gasteiger partial charge is 0.478 e. The summed E-state index contributed by atoms with van der Waals surface area (Å²) in [4.78, 5) is 12.2. The zero-order valence-electron chi connectivity index (χ0n) is 5.95. The van der Waals surface area contributed by atoms with Gasteiger partial charge in [-0.05, 0) is 7.05 Å². The van der Waals surface area contributed by atoms with Crippen LogP contribution in [0.2, 0.25) is 0 Å². The fraction of sp³-hybridized carbons (Fsp3) is 0.571. The maximum Gasteiger partial charge on any atom is 0.327 e. The average molecular weight is 141 g/mol. The molecule has 1 rings (SSSR count). The van der Waals surface area contributed by atoms with Crippen molar-refractivity contribution >= 4 is 5.97 Å².